The summed E-state index contributed by atoms with van der Waals surface area (Å²) in [6.07, 6.45) is 2.66. The summed E-state index contributed by atoms with van der Waals surface area (Å²) in [4.78, 5) is 0. The Morgan fingerprint density at radius 2 is 2.07 bits per heavy atom. The Morgan fingerprint density at radius 1 is 1.36 bits per heavy atom. The number of anilines is 1. The SMILES string of the molecule is Cc1nn(C)c(C)c1NC1CCC1C. The molecule has 0 aliphatic heterocycles. The number of nitrogens with zero attached hydrogens (tertiary/aromatic N) is 2. The van der Waals surface area contributed by atoms with Crippen LogP contribution in [0.4, 0.5) is 5.69 Å². The van der Waals surface area contributed by atoms with Crippen molar-refractivity contribution in [3.63, 3.8) is 0 Å². The Hall–Kier alpha value is -0.990. The molecule has 1 aliphatic carbocycles. The summed E-state index contributed by atoms with van der Waals surface area (Å²) in [6, 6.07) is 0.664. The monoisotopic (exact) mass is 193 g/mol. The zero-order valence-corrected chi connectivity index (χ0v) is 9.46. The first-order valence-electron chi connectivity index (χ1n) is 5.36. The van der Waals surface area contributed by atoms with Crippen LogP contribution >= 0.6 is 0 Å². The molecular weight excluding hydrogens is 174 g/mol. The highest BCUT2D eigenvalue weighted by molar-refractivity contribution is 5.53. The third-order valence-corrected chi connectivity index (χ3v) is 3.46. The maximum Gasteiger partial charge on any atom is 0.0827 e. The van der Waals surface area contributed by atoms with Gasteiger partial charge in [0.15, 0.2) is 0 Å². The molecule has 0 aromatic carbocycles. The van der Waals surface area contributed by atoms with E-state index in [0.29, 0.717) is 6.04 Å². The molecule has 1 aromatic rings. The van der Waals surface area contributed by atoms with E-state index < -0.39 is 0 Å². The van der Waals surface area contributed by atoms with E-state index in [4.69, 9.17) is 0 Å². The first-order valence-corrected chi connectivity index (χ1v) is 5.36. The highest BCUT2D eigenvalue weighted by Crippen LogP contribution is 2.31. The van der Waals surface area contributed by atoms with Gasteiger partial charge in [0, 0.05) is 13.1 Å². The zero-order chi connectivity index (χ0) is 10.3. The van der Waals surface area contributed by atoms with Crippen molar-refractivity contribution in [2.24, 2.45) is 13.0 Å². The van der Waals surface area contributed by atoms with Gasteiger partial charge in [0.05, 0.1) is 17.1 Å². The molecule has 2 rings (SSSR count). The lowest BCUT2D eigenvalue weighted by molar-refractivity contribution is 0.303. The molecule has 1 fully saturated rings. The lowest BCUT2D eigenvalue weighted by Gasteiger charge is -2.35. The summed E-state index contributed by atoms with van der Waals surface area (Å²) in [5.41, 5.74) is 3.59. The standard InChI is InChI=1S/C11H19N3/c1-7-5-6-10(7)12-11-8(2)13-14(4)9(11)3/h7,10,12H,5-6H2,1-4H3. The fraction of sp³-hybridized carbons (Fsp3) is 0.727. The molecule has 1 saturated carbocycles. The third kappa shape index (κ3) is 1.41. The maximum absolute atomic E-state index is 4.40. The van der Waals surface area contributed by atoms with Crippen molar-refractivity contribution in [3.8, 4) is 0 Å². The predicted octanol–water partition coefficient (Wildman–Crippen LogP) is 2.25. The third-order valence-electron chi connectivity index (χ3n) is 3.46. The highest BCUT2D eigenvalue weighted by Gasteiger charge is 2.27. The molecule has 2 unspecified atom stereocenters. The van der Waals surface area contributed by atoms with E-state index >= 15 is 0 Å². The average Bonchev–Trinajstić information content (AvgIpc) is 2.37. The lowest BCUT2D eigenvalue weighted by Crippen LogP contribution is -2.36. The molecule has 1 N–H and O–H groups in total. The van der Waals surface area contributed by atoms with E-state index in [1.54, 1.807) is 0 Å². The van der Waals surface area contributed by atoms with Gasteiger partial charge in [-0.15, -0.1) is 0 Å². The molecule has 78 valence electrons. The minimum atomic E-state index is 0.664. The van der Waals surface area contributed by atoms with Gasteiger partial charge >= 0.3 is 0 Å². The van der Waals surface area contributed by atoms with E-state index in [1.165, 1.54) is 24.2 Å². The smallest absolute Gasteiger partial charge is 0.0827 e. The molecule has 1 heterocycles. The Bertz CT molecular complexity index is 341. The van der Waals surface area contributed by atoms with E-state index in [1.807, 2.05) is 11.7 Å². The first-order chi connectivity index (χ1) is 6.59. The van der Waals surface area contributed by atoms with Crippen LogP contribution in [0, 0.1) is 19.8 Å². The highest BCUT2D eigenvalue weighted by atomic mass is 15.3. The van der Waals surface area contributed by atoms with E-state index in [0.717, 1.165) is 11.6 Å². The van der Waals surface area contributed by atoms with E-state index in [9.17, 15) is 0 Å². The molecule has 0 bridgehead atoms. The number of rotatable bonds is 2. The van der Waals surface area contributed by atoms with Crippen LogP contribution in [0.2, 0.25) is 0 Å². The van der Waals surface area contributed by atoms with Gasteiger partial charge in [-0.1, -0.05) is 6.92 Å². The lowest BCUT2D eigenvalue weighted by atomic mass is 9.81. The topological polar surface area (TPSA) is 29.9 Å². The normalized spacial score (nSPS) is 26.0. The Morgan fingerprint density at radius 3 is 2.43 bits per heavy atom. The summed E-state index contributed by atoms with van der Waals surface area (Å²) >= 11 is 0. The van der Waals surface area contributed by atoms with Crippen LogP contribution in [0.3, 0.4) is 0 Å². The predicted molar refractivity (Wildman–Crippen MR) is 58.5 cm³/mol. The van der Waals surface area contributed by atoms with Gasteiger partial charge in [-0.25, -0.2) is 0 Å². The minimum Gasteiger partial charge on any atom is -0.379 e. The van der Waals surface area contributed by atoms with Crippen LogP contribution in [0.1, 0.15) is 31.2 Å². The molecule has 1 aromatic heterocycles. The second-order valence-corrected chi connectivity index (χ2v) is 4.47. The molecule has 1 aliphatic rings. The van der Waals surface area contributed by atoms with Crippen molar-refractivity contribution in [2.75, 3.05) is 5.32 Å². The van der Waals surface area contributed by atoms with Crippen molar-refractivity contribution in [2.45, 2.75) is 39.7 Å². The van der Waals surface area contributed by atoms with Gasteiger partial charge in [-0.2, -0.15) is 5.10 Å². The quantitative estimate of drug-likeness (QED) is 0.780. The number of hydrogen-bond donors (Lipinski definition) is 1. The molecule has 0 spiro atoms. The number of nitrogens with one attached hydrogen (secondary N) is 1. The second kappa shape index (κ2) is 3.30. The summed E-state index contributed by atoms with van der Waals surface area (Å²) in [5.74, 6) is 0.814. The van der Waals surface area contributed by atoms with Gasteiger partial charge in [0.2, 0.25) is 0 Å². The first kappa shape index (κ1) is 9.56. The van der Waals surface area contributed by atoms with Gasteiger partial charge < -0.3 is 5.32 Å². The largest absolute Gasteiger partial charge is 0.379 e. The van der Waals surface area contributed by atoms with Crippen LogP contribution in [-0.2, 0) is 7.05 Å². The number of hydrogen-bond acceptors (Lipinski definition) is 2. The average molecular weight is 193 g/mol. The van der Waals surface area contributed by atoms with Gasteiger partial charge in [-0.05, 0) is 32.6 Å². The molecule has 2 atom stereocenters. The molecular formula is C11H19N3. The van der Waals surface area contributed by atoms with Gasteiger partial charge in [-0.3, -0.25) is 4.68 Å². The molecule has 0 radical (unpaired) electrons. The fourth-order valence-corrected chi connectivity index (χ4v) is 2.05. The van der Waals surface area contributed by atoms with Gasteiger partial charge in [0.25, 0.3) is 0 Å². The van der Waals surface area contributed by atoms with E-state index in [-0.39, 0.29) is 0 Å². The Labute approximate surface area is 85.5 Å². The van der Waals surface area contributed by atoms with Crippen LogP contribution < -0.4 is 5.32 Å². The minimum absolute atomic E-state index is 0.664. The molecule has 14 heavy (non-hydrogen) atoms. The Kier molecular flexibility index (Phi) is 2.25. The van der Waals surface area contributed by atoms with Crippen LogP contribution in [-0.4, -0.2) is 15.8 Å². The van der Waals surface area contributed by atoms with Crippen molar-refractivity contribution in [1.29, 1.82) is 0 Å². The fourth-order valence-electron chi connectivity index (χ4n) is 2.05. The van der Waals surface area contributed by atoms with E-state index in [2.05, 4.69) is 31.2 Å². The van der Waals surface area contributed by atoms with Crippen molar-refractivity contribution in [1.82, 2.24) is 9.78 Å². The number of aromatic nitrogens is 2. The zero-order valence-electron chi connectivity index (χ0n) is 9.46. The summed E-state index contributed by atoms with van der Waals surface area (Å²) in [7, 11) is 2.00. The molecule has 0 amide bonds. The molecule has 3 heteroatoms. The van der Waals surface area contributed by atoms with Crippen molar-refractivity contribution >= 4 is 5.69 Å². The van der Waals surface area contributed by atoms with Crippen molar-refractivity contribution in [3.05, 3.63) is 11.4 Å². The second-order valence-electron chi connectivity index (χ2n) is 4.47. The van der Waals surface area contributed by atoms with Gasteiger partial charge in [0.1, 0.15) is 0 Å². The maximum atomic E-state index is 4.40. The summed E-state index contributed by atoms with van der Waals surface area (Å²) < 4.78 is 1.95. The van der Waals surface area contributed by atoms with Crippen molar-refractivity contribution < 1.29 is 0 Å². The molecule has 0 saturated heterocycles. The summed E-state index contributed by atoms with van der Waals surface area (Å²) in [6.45, 7) is 6.49. The van der Waals surface area contributed by atoms with Crippen LogP contribution in [0.5, 0.6) is 0 Å². The Balaban J connectivity index is 2.15. The number of aryl methyl sites for hydroxylation is 2. The molecule has 3 nitrogen and oxygen atoms in total. The van der Waals surface area contributed by atoms with Crippen LogP contribution in [0.25, 0.3) is 0 Å². The summed E-state index contributed by atoms with van der Waals surface area (Å²) in [5, 5.41) is 8.00. The van der Waals surface area contributed by atoms with Crippen LogP contribution in [0.15, 0.2) is 0 Å².